The number of halogens is 1. The number of rotatable bonds is 2. The maximum Gasteiger partial charge on any atom is 0.316 e. The predicted molar refractivity (Wildman–Crippen MR) is 111 cm³/mol. The molecule has 8 atom stereocenters. The third-order valence-electron chi connectivity index (χ3n) is 8.98. The quantitative estimate of drug-likeness (QED) is 0.185. The Kier molecular flexibility index (Phi) is 3.94. The molecule has 0 unspecified atom stereocenters. The highest BCUT2D eigenvalue weighted by Crippen LogP contribution is 2.79. The molecular formula is C22H27IO6. The summed E-state index contributed by atoms with van der Waals surface area (Å²) < 4.78 is 17.2. The van der Waals surface area contributed by atoms with Gasteiger partial charge in [-0.05, 0) is 50.9 Å². The Labute approximate surface area is 184 Å². The lowest BCUT2D eigenvalue weighted by Gasteiger charge is -2.46. The molecule has 4 saturated carbocycles. The van der Waals surface area contributed by atoms with Crippen LogP contribution in [0.4, 0.5) is 0 Å². The normalized spacial score (nSPS) is 51.9. The third-order valence-corrected chi connectivity index (χ3v) is 10.7. The summed E-state index contributed by atoms with van der Waals surface area (Å²) in [6.45, 7) is 7.57. The molecule has 6 nitrogen and oxygen atoms in total. The molecule has 0 radical (unpaired) electrons. The van der Waals surface area contributed by atoms with E-state index in [4.69, 9.17) is 14.2 Å². The van der Waals surface area contributed by atoms with Crippen LogP contribution in [0.3, 0.4) is 0 Å². The van der Waals surface area contributed by atoms with E-state index in [0.717, 1.165) is 25.7 Å². The topological polar surface area (TPSA) is 78.9 Å². The number of methoxy groups -OCH3 is 1. The first-order valence-electron chi connectivity index (χ1n) is 10.4. The van der Waals surface area contributed by atoms with Gasteiger partial charge in [0.2, 0.25) is 0 Å². The summed E-state index contributed by atoms with van der Waals surface area (Å²) >= 11 is 2.52. The average molecular weight is 514 g/mol. The van der Waals surface area contributed by atoms with Gasteiger partial charge in [-0.3, -0.25) is 14.4 Å². The molecule has 7 heteroatoms. The first kappa shape index (κ1) is 19.8. The zero-order chi connectivity index (χ0) is 21.0. The van der Waals surface area contributed by atoms with Gasteiger partial charge in [-0.15, -0.1) is 0 Å². The first-order chi connectivity index (χ1) is 13.5. The van der Waals surface area contributed by atoms with Crippen LogP contribution in [-0.4, -0.2) is 40.1 Å². The lowest BCUT2D eigenvalue weighted by Crippen LogP contribution is -2.54. The number of ether oxygens (including phenoxy) is 3. The lowest BCUT2D eigenvalue weighted by atomic mass is 9.59. The first-order valence-corrected chi connectivity index (χ1v) is 11.5. The summed E-state index contributed by atoms with van der Waals surface area (Å²) in [4.78, 5) is 38.3. The summed E-state index contributed by atoms with van der Waals surface area (Å²) in [6.07, 6.45) is 4.16. The average Bonchev–Trinajstić information content (AvgIpc) is 3.07. The third kappa shape index (κ3) is 2.11. The molecule has 4 bridgehead atoms. The molecule has 0 aromatic carbocycles. The van der Waals surface area contributed by atoms with Crippen LogP contribution >= 0.6 is 22.6 Å². The zero-order valence-electron chi connectivity index (χ0n) is 17.1. The summed E-state index contributed by atoms with van der Waals surface area (Å²) in [6, 6.07) is 0. The second kappa shape index (κ2) is 5.77. The summed E-state index contributed by atoms with van der Waals surface area (Å²) in [5.74, 6) is -1.71. The highest BCUT2D eigenvalue weighted by atomic mass is 127. The molecule has 5 aliphatic rings. The van der Waals surface area contributed by atoms with Crippen LogP contribution in [0.25, 0.3) is 0 Å². The maximum absolute atomic E-state index is 13.3. The molecule has 0 aromatic heterocycles. The van der Waals surface area contributed by atoms with E-state index >= 15 is 0 Å². The molecule has 1 aliphatic heterocycles. The number of esters is 3. The summed E-state index contributed by atoms with van der Waals surface area (Å²) in [5.41, 5.74) is -0.827. The van der Waals surface area contributed by atoms with Gasteiger partial charge in [0.25, 0.3) is 0 Å². The van der Waals surface area contributed by atoms with E-state index < -0.39 is 29.0 Å². The number of hydrogen-bond acceptors (Lipinski definition) is 6. The van der Waals surface area contributed by atoms with E-state index in [-0.39, 0.29) is 32.6 Å². The van der Waals surface area contributed by atoms with Crippen LogP contribution in [-0.2, 0) is 28.6 Å². The predicted octanol–water partition coefficient (Wildman–Crippen LogP) is 3.35. The minimum Gasteiger partial charge on any atom is -0.469 e. The van der Waals surface area contributed by atoms with Crippen LogP contribution in [0.2, 0.25) is 0 Å². The van der Waals surface area contributed by atoms with Crippen LogP contribution in [0, 0.1) is 28.6 Å². The van der Waals surface area contributed by atoms with Crippen molar-refractivity contribution in [2.75, 3.05) is 7.11 Å². The molecule has 0 amide bonds. The van der Waals surface area contributed by atoms with Crippen LogP contribution in [0.1, 0.15) is 52.4 Å². The Hall–Kier alpha value is -1.12. The number of fused-ring (bicyclic) bond motifs is 1. The smallest absolute Gasteiger partial charge is 0.316 e. The molecule has 4 aliphatic carbocycles. The van der Waals surface area contributed by atoms with Crippen molar-refractivity contribution in [1.82, 2.24) is 0 Å². The molecule has 158 valence electrons. The number of allylic oxidation sites excluding steroid dienone is 1. The van der Waals surface area contributed by atoms with Crippen molar-refractivity contribution >= 4 is 40.5 Å². The van der Waals surface area contributed by atoms with E-state index in [0.29, 0.717) is 12.8 Å². The fourth-order valence-corrected chi connectivity index (χ4v) is 9.29. The van der Waals surface area contributed by atoms with Crippen LogP contribution in [0.15, 0.2) is 12.2 Å². The van der Waals surface area contributed by atoms with Gasteiger partial charge in [0, 0.05) is 22.2 Å². The van der Waals surface area contributed by atoms with Crippen molar-refractivity contribution in [2.45, 2.75) is 67.5 Å². The Morgan fingerprint density at radius 2 is 2.00 bits per heavy atom. The second-order valence-electron chi connectivity index (χ2n) is 9.99. The van der Waals surface area contributed by atoms with Crippen molar-refractivity contribution in [1.29, 1.82) is 0 Å². The molecule has 1 spiro atoms. The van der Waals surface area contributed by atoms with Gasteiger partial charge >= 0.3 is 17.9 Å². The summed E-state index contributed by atoms with van der Waals surface area (Å²) in [5, 5.41) is 0. The highest BCUT2D eigenvalue weighted by Gasteiger charge is 2.84. The zero-order valence-corrected chi connectivity index (χ0v) is 19.2. The number of hydrogen-bond donors (Lipinski definition) is 0. The lowest BCUT2D eigenvalue weighted by molar-refractivity contribution is -0.169. The largest absolute Gasteiger partial charge is 0.469 e. The molecular weight excluding hydrogens is 487 g/mol. The van der Waals surface area contributed by atoms with Crippen LogP contribution in [0.5, 0.6) is 0 Å². The van der Waals surface area contributed by atoms with E-state index in [1.807, 2.05) is 6.92 Å². The molecule has 5 rings (SSSR count). The van der Waals surface area contributed by atoms with Gasteiger partial charge in [0.1, 0.15) is 17.1 Å². The van der Waals surface area contributed by atoms with Gasteiger partial charge in [0.05, 0.1) is 13.0 Å². The van der Waals surface area contributed by atoms with Gasteiger partial charge in [0.15, 0.2) is 0 Å². The van der Waals surface area contributed by atoms with E-state index in [1.165, 1.54) is 19.6 Å². The molecule has 29 heavy (non-hydrogen) atoms. The molecule has 1 saturated heterocycles. The SMILES string of the molecule is C=C1C[C@]23C[C@@]1(I)CC[C@H]2[C@@]12CC[C@H](OC(C)=O)[C@](C)(C(=O)O1)[C@H]2[C@@H]3C(=O)OC. The highest BCUT2D eigenvalue weighted by molar-refractivity contribution is 14.1. The van der Waals surface area contributed by atoms with Gasteiger partial charge in [-0.1, -0.05) is 34.7 Å². The molecule has 0 N–H and O–H groups in total. The Balaban J connectivity index is 1.71. The maximum atomic E-state index is 13.3. The molecule has 5 fully saturated rings. The number of carbonyl (C=O) groups excluding carboxylic acids is 3. The van der Waals surface area contributed by atoms with Gasteiger partial charge in [-0.25, -0.2) is 0 Å². The fraction of sp³-hybridized carbons (Fsp3) is 0.773. The van der Waals surface area contributed by atoms with Gasteiger partial charge < -0.3 is 14.2 Å². The van der Waals surface area contributed by atoms with Crippen molar-refractivity contribution in [2.24, 2.45) is 28.6 Å². The Morgan fingerprint density at radius 3 is 2.66 bits per heavy atom. The van der Waals surface area contributed by atoms with E-state index in [9.17, 15) is 14.4 Å². The number of alkyl halides is 1. The minimum absolute atomic E-state index is 0.00981. The standard InChI is InChI=1S/C22H27IO6/c1-11-9-20-10-21(11,23)7-5-13(20)22-8-6-14(28-12(2)24)19(3,18(26)29-22)16(22)15(20)17(25)27-4/h13-16H,1,5-10H2,2-4H3/t13-,14+,15-,16-,19+,20+,21+,22-/m1/s1. The van der Waals surface area contributed by atoms with Crippen molar-refractivity contribution in [3.05, 3.63) is 12.2 Å². The number of carbonyl (C=O) groups is 3. The molecule has 1 heterocycles. The minimum atomic E-state index is -1.03. The van der Waals surface area contributed by atoms with Gasteiger partial charge in [-0.2, -0.15) is 0 Å². The Bertz CT molecular complexity index is 854. The second-order valence-corrected chi connectivity index (χ2v) is 12.1. The fourth-order valence-electron chi connectivity index (χ4n) is 8.08. The van der Waals surface area contributed by atoms with E-state index in [2.05, 4.69) is 29.2 Å². The Morgan fingerprint density at radius 1 is 1.28 bits per heavy atom. The van der Waals surface area contributed by atoms with Crippen LogP contribution < -0.4 is 0 Å². The molecule has 0 aromatic rings. The summed E-state index contributed by atoms with van der Waals surface area (Å²) in [7, 11) is 1.42. The van der Waals surface area contributed by atoms with Crippen molar-refractivity contribution in [3.63, 3.8) is 0 Å². The van der Waals surface area contributed by atoms with Crippen molar-refractivity contribution < 1.29 is 28.6 Å². The van der Waals surface area contributed by atoms with E-state index in [1.54, 1.807) is 0 Å². The monoisotopic (exact) mass is 514 g/mol. The van der Waals surface area contributed by atoms with Crippen molar-refractivity contribution in [3.8, 4) is 0 Å².